The zero-order valence-electron chi connectivity index (χ0n) is 13.8. The van der Waals surface area contributed by atoms with Crippen molar-refractivity contribution in [3.05, 3.63) is 15.6 Å². The van der Waals surface area contributed by atoms with Crippen LogP contribution >= 0.6 is 35.3 Å². The third kappa shape index (κ3) is 5.66. The van der Waals surface area contributed by atoms with Crippen molar-refractivity contribution in [3.63, 3.8) is 0 Å². The number of aryl methyl sites for hydroxylation is 2. The van der Waals surface area contributed by atoms with Gasteiger partial charge in [-0.05, 0) is 39.8 Å². The number of aromatic nitrogens is 1. The lowest BCUT2D eigenvalue weighted by molar-refractivity contribution is 0.273. The number of hydrogen-bond acceptors (Lipinski definition) is 4. The highest BCUT2D eigenvalue weighted by atomic mass is 127. The van der Waals surface area contributed by atoms with Gasteiger partial charge in [0.25, 0.3) is 0 Å². The number of halogens is 1. The molecule has 2 rings (SSSR count). The minimum atomic E-state index is 0. The molecule has 1 unspecified atom stereocenters. The molecule has 0 spiro atoms. The SMILES string of the molecule is CCN1CCCC1CN=C(N)NCCc1nc(C)c(C)s1.I. The van der Waals surface area contributed by atoms with Gasteiger partial charge in [-0.2, -0.15) is 0 Å². The van der Waals surface area contributed by atoms with Crippen molar-refractivity contribution < 1.29 is 0 Å². The topological polar surface area (TPSA) is 66.5 Å². The van der Waals surface area contributed by atoms with Crippen molar-refractivity contribution in [1.82, 2.24) is 15.2 Å². The minimum absolute atomic E-state index is 0. The van der Waals surface area contributed by atoms with E-state index in [1.807, 2.05) is 0 Å². The quantitative estimate of drug-likeness (QED) is 0.407. The second-order valence-electron chi connectivity index (χ2n) is 5.58. The summed E-state index contributed by atoms with van der Waals surface area (Å²) < 4.78 is 0. The Kier molecular flexibility index (Phi) is 8.63. The van der Waals surface area contributed by atoms with E-state index in [2.05, 4.69) is 41.0 Å². The number of guanidine groups is 1. The summed E-state index contributed by atoms with van der Waals surface area (Å²) in [5, 5.41) is 4.36. The van der Waals surface area contributed by atoms with Crippen LogP contribution in [-0.2, 0) is 6.42 Å². The first-order chi connectivity index (χ1) is 10.1. The van der Waals surface area contributed by atoms with Crippen LogP contribution in [0.25, 0.3) is 0 Å². The zero-order valence-corrected chi connectivity index (χ0v) is 16.9. The summed E-state index contributed by atoms with van der Waals surface area (Å²) in [7, 11) is 0. The lowest BCUT2D eigenvalue weighted by atomic mass is 10.2. The summed E-state index contributed by atoms with van der Waals surface area (Å²) in [6.45, 7) is 10.3. The lowest BCUT2D eigenvalue weighted by Crippen LogP contribution is -2.36. The molecule has 0 amide bonds. The summed E-state index contributed by atoms with van der Waals surface area (Å²) in [5.41, 5.74) is 7.08. The third-order valence-corrected chi connectivity index (χ3v) is 5.23. The zero-order chi connectivity index (χ0) is 15.2. The Morgan fingerprint density at radius 3 is 2.91 bits per heavy atom. The summed E-state index contributed by atoms with van der Waals surface area (Å²) in [5.74, 6) is 0.558. The van der Waals surface area contributed by atoms with Crippen LogP contribution in [0, 0.1) is 13.8 Å². The van der Waals surface area contributed by atoms with Crippen molar-refractivity contribution in [2.45, 2.75) is 46.1 Å². The summed E-state index contributed by atoms with van der Waals surface area (Å²) in [4.78, 5) is 12.8. The monoisotopic (exact) mass is 437 g/mol. The van der Waals surface area contributed by atoms with E-state index >= 15 is 0 Å². The van der Waals surface area contributed by atoms with E-state index in [-0.39, 0.29) is 24.0 Å². The first-order valence-electron chi connectivity index (χ1n) is 7.81. The van der Waals surface area contributed by atoms with Gasteiger partial charge in [-0.15, -0.1) is 35.3 Å². The van der Waals surface area contributed by atoms with E-state index in [1.54, 1.807) is 11.3 Å². The molecule has 5 nitrogen and oxygen atoms in total. The molecule has 1 atom stereocenters. The Morgan fingerprint density at radius 1 is 1.50 bits per heavy atom. The number of aliphatic imine (C=N–C) groups is 1. The van der Waals surface area contributed by atoms with Gasteiger partial charge >= 0.3 is 0 Å². The second-order valence-corrected chi connectivity index (χ2v) is 6.86. The highest BCUT2D eigenvalue weighted by Gasteiger charge is 2.22. The Balaban J connectivity index is 0.00000242. The Bertz CT molecular complexity index is 469. The molecule has 1 aliphatic rings. The number of nitrogens with one attached hydrogen (secondary N) is 1. The van der Waals surface area contributed by atoms with Crippen LogP contribution < -0.4 is 11.1 Å². The largest absolute Gasteiger partial charge is 0.370 e. The van der Waals surface area contributed by atoms with Gasteiger partial charge in [0.15, 0.2) is 5.96 Å². The van der Waals surface area contributed by atoms with E-state index in [4.69, 9.17) is 5.73 Å². The van der Waals surface area contributed by atoms with Crippen LogP contribution in [-0.4, -0.2) is 48.1 Å². The summed E-state index contributed by atoms with van der Waals surface area (Å²) >= 11 is 1.76. The van der Waals surface area contributed by atoms with E-state index in [9.17, 15) is 0 Å². The van der Waals surface area contributed by atoms with Gasteiger partial charge in [-0.1, -0.05) is 6.92 Å². The summed E-state index contributed by atoms with van der Waals surface area (Å²) in [6.07, 6.45) is 3.42. The van der Waals surface area contributed by atoms with Crippen LogP contribution in [0.2, 0.25) is 0 Å². The highest BCUT2D eigenvalue weighted by molar-refractivity contribution is 14.0. The van der Waals surface area contributed by atoms with Crippen molar-refractivity contribution in [1.29, 1.82) is 0 Å². The Labute approximate surface area is 154 Å². The van der Waals surface area contributed by atoms with Gasteiger partial charge in [-0.3, -0.25) is 9.89 Å². The van der Waals surface area contributed by atoms with Crippen LogP contribution in [0.1, 0.15) is 35.3 Å². The van der Waals surface area contributed by atoms with E-state index in [0.29, 0.717) is 12.0 Å². The average Bonchev–Trinajstić information content (AvgIpc) is 3.03. The van der Waals surface area contributed by atoms with Gasteiger partial charge in [0.05, 0.1) is 17.2 Å². The molecule has 1 aromatic heterocycles. The highest BCUT2D eigenvalue weighted by Crippen LogP contribution is 2.17. The molecule has 1 saturated heterocycles. The first kappa shape index (κ1) is 19.6. The molecular formula is C15H28IN5S. The molecule has 22 heavy (non-hydrogen) atoms. The number of thiazole rings is 1. The summed E-state index contributed by atoms with van der Waals surface area (Å²) in [6, 6.07) is 0.569. The van der Waals surface area contributed by atoms with Crippen molar-refractivity contribution >= 4 is 41.3 Å². The molecule has 2 heterocycles. The molecule has 0 aromatic carbocycles. The maximum Gasteiger partial charge on any atom is 0.188 e. The predicted octanol–water partition coefficient (Wildman–Crippen LogP) is 2.31. The van der Waals surface area contributed by atoms with Crippen LogP contribution in [0.5, 0.6) is 0 Å². The number of nitrogens with two attached hydrogens (primary N) is 1. The number of likely N-dealkylation sites (tertiary alicyclic amines) is 1. The van der Waals surface area contributed by atoms with Gasteiger partial charge in [0.2, 0.25) is 0 Å². The maximum absolute atomic E-state index is 5.94. The van der Waals surface area contributed by atoms with Crippen molar-refractivity contribution in [2.75, 3.05) is 26.2 Å². The average molecular weight is 437 g/mol. The molecule has 3 N–H and O–H groups in total. The molecule has 0 radical (unpaired) electrons. The fourth-order valence-electron chi connectivity index (χ4n) is 2.72. The fourth-order valence-corrected chi connectivity index (χ4v) is 3.65. The second kappa shape index (κ2) is 9.67. The van der Waals surface area contributed by atoms with Crippen molar-refractivity contribution in [3.8, 4) is 0 Å². The molecule has 7 heteroatoms. The molecule has 0 aliphatic carbocycles. The molecule has 1 fully saturated rings. The van der Waals surface area contributed by atoms with E-state index in [1.165, 1.54) is 29.3 Å². The van der Waals surface area contributed by atoms with E-state index in [0.717, 1.165) is 31.7 Å². The molecular weight excluding hydrogens is 409 g/mol. The molecule has 126 valence electrons. The third-order valence-electron chi connectivity index (χ3n) is 4.10. The number of nitrogens with zero attached hydrogens (tertiary/aromatic N) is 3. The lowest BCUT2D eigenvalue weighted by Gasteiger charge is -2.20. The smallest absolute Gasteiger partial charge is 0.188 e. The minimum Gasteiger partial charge on any atom is -0.370 e. The van der Waals surface area contributed by atoms with Gasteiger partial charge in [0, 0.05) is 23.9 Å². The predicted molar refractivity (Wildman–Crippen MR) is 105 cm³/mol. The Hall–Kier alpha value is -0.410. The number of likely N-dealkylation sites (N-methyl/N-ethyl adjacent to an activating group) is 1. The van der Waals surface area contributed by atoms with Gasteiger partial charge < -0.3 is 11.1 Å². The molecule has 0 saturated carbocycles. The van der Waals surface area contributed by atoms with Gasteiger partial charge in [0.1, 0.15) is 0 Å². The molecule has 1 aliphatic heterocycles. The van der Waals surface area contributed by atoms with E-state index < -0.39 is 0 Å². The number of hydrogen-bond donors (Lipinski definition) is 2. The molecule has 0 bridgehead atoms. The first-order valence-corrected chi connectivity index (χ1v) is 8.62. The molecule has 1 aromatic rings. The van der Waals surface area contributed by atoms with Crippen LogP contribution in [0.15, 0.2) is 4.99 Å². The fraction of sp³-hybridized carbons (Fsp3) is 0.733. The normalized spacial score (nSPS) is 19.2. The number of rotatable bonds is 6. The standard InChI is InChI=1S/C15H27N5S.HI/c1-4-20-9-5-6-13(20)10-18-15(16)17-8-7-14-19-11(2)12(3)21-14;/h13H,4-10H2,1-3H3,(H3,16,17,18);1H. The van der Waals surface area contributed by atoms with Crippen molar-refractivity contribution in [2.24, 2.45) is 10.7 Å². The van der Waals surface area contributed by atoms with Crippen LogP contribution in [0.3, 0.4) is 0 Å². The van der Waals surface area contributed by atoms with Gasteiger partial charge in [-0.25, -0.2) is 4.98 Å². The Morgan fingerprint density at radius 2 is 2.27 bits per heavy atom. The van der Waals surface area contributed by atoms with Crippen LogP contribution in [0.4, 0.5) is 0 Å². The maximum atomic E-state index is 5.94.